The summed E-state index contributed by atoms with van der Waals surface area (Å²) >= 11 is 0. The monoisotopic (exact) mass is 376 g/mol. The molecule has 0 unspecified atom stereocenters. The highest BCUT2D eigenvalue weighted by molar-refractivity contribution is 6.06. The lowest BCUT2D eigenvalue weighted by Gasteiger charge is -2.09. The minimum atomic E-state index is -0.622. The van der Waals surface area contributed by atoms with Gasteiger partial charge in [-0.15, -0.1) is 0 Å². The van der Waals surface area contributed by atoms with Gasteiger partial charge in [-0.05, 0) is 11.1 Å². The smallest absolute Gasteiger partial charge is 0.190 e. The Bertz CT molecular complexity index is 845. The SMILES string of the molecule is O=C(CCC(=O)[C@H]1CC(c2ccccc2)=NO1)[C@H]1CC(c2ccccc2)=NO1. The van der Waals surface area contributed by atoms with Gasteiger partial charge in [0.1, 0.15) is 0 Å². The summed E-state index contributed by atoms with van der Waals surface area (Å²) in [6.07, 6.45) is -0.160. The molecule has 142 valence electrons. The number of hydrogen-bond donors (Lipinski definition) is 0. The van der Waals surface area contributed by atoms with Crippen molar-refractivity contribution in [3.63, 3.8) is 0 Å². The van der Waals surface area contributed by atoms with E-state index in [0.717, 1.165) is 22.6 Å². The van der Waals surface area contributed by atoms with Crippen molar-refractivity contribution in [2.45, 2.75) is 37.9 Å². The summed E-state index contributed by atoms with van der Waals surface area (Å²) < 4.78 is 0. The summed E-state index contributed by atoms with van der Waals surface area (Å²) in [5.41, 5.74) is 3.40. The molecule has 2 aliphatic rings. The van der Waals surface area contributed by atoms with Crippen LogP contribution < -0.4 is 0 Å². The first-order valence-electron chi connectivity index (χ1n) is 9.32. The number of oxime groups is 2. The van der Waals surface area contributed by atoms with Crippen LogP contribution in [0.25, 0.3) is 0 Å². The van der Waals surface area contributed by atoms with Gasteiger partial charge in [0.25, 0.3) is 0 Å². The summed E-state index contributed by atoms with van der Waals surface area (Å²) in [6, 6.07) is 19.2. The Labute approximate surface area is 162 Å². The van der Waals surface area contributed by atoms with Crippen LogP contribution in [0.2, 0.25) is 0 Å². The molecular weight excluding hydrogens is 356 g/mol. The van der Waals surface area contributed by atoms with Gasteiger partial charge in [-0.25, -0.2) is 0 Å². The van der Waals surface area contributed by atoms with Gasteiger partial charge >= 0.3 is 0 Å². The molecule has 0 bridgehead atoms. The highest BCUT2D eigenvalue weighted by Gasteiger charge is 2.32. The normalized spacial score (nSPS) is 20.7. The Morgan fingerprint density at radius 2 is 1.11 bits per heavy atom. The van der Waals surface area contributed by atoms with Gasteiger partial charge in [-0.2, -0.15) is 0 Å². The number of carbonyl (C=O) groups is 2. The van der Waals surface area contributed by atoms with Crippen LogP contribution in [0.4, 0.5) is 0 Å². The predicted molar refractivity (Wildman–Crippen MR) is 104 cm³/mol. The standard InChI is InChI=1S/C22H20N2O4/c25-19(21-13-17(23-27-21)15-7-3-1-4-8-15)11-12-20(26)22-14-18(24-28-22)16-9-5-2-6-10-16/h1-10,21-22H,11-14H2/t21-,22-/m1/s1. The van der Waals surface area contributed by atoms with E-state index < -0.39 is 12.2 Å². The Hall–Kier alpha value is -3.28. The van der Waals surface area contributed by atoms with E-state index in [9.17, 15) is 9.59 Å². The zero-order valence-electron chi connectivity index (χ0n) is 15.3. The van der Waals surface area contributed by atoms with Gasteiger partial charge in [0, 0.05) is 25.7 Å². The molecule has 0 saturated carbocycles. The van der Waals surface area contributed by atoms with Crippen LogP contribution in [0.15, 0.2) is 71.0 Å². The average molecular weight is 376 g/mol. The molecule has 0 spiro atoms. The molecule has 2 atom stereocenters. The molecule has 6 nitrogen and oxygen atoms in total. The lowest BCUT2D eigenvalue weighted by Crippen LogP contribution is -2.25. The number of rotatable bonds is 7. The van der Waals surface area contributed by atoms with Crippen LogP contribution in [-0.4, -0.2) is 35.2 Å². The number of carbonyl (C=O) groups excluding carboxylic acids is 2. The first kappa shape index (κ1) is 18.1. The fraction of sp³-hybridized carbons (Fsp3) is 0.273. The van der Waals surface area contributed by atoms with E-state index in [1.807, 2.05) is 60.7 Å². The average Bonchev–Trinajstić information content (AvgIpc) is 3.43. The zero-order chi connectivity index (χ0) is 19.3. The lowest BCUT2D eigenvalue weighted by atomic mass is 9.97. The van der Waals surface area contributed by atoms with Crippen LogP contribution in [0.3, 0.4) is 0 Å². The molecule has 0 aromatic heterocycles. The molecule has 0 amide bonds. The van der Waals surface area contributed by atoms with Crippen molar-refractivity contribution >= 4 is 23.0 Å². The molecule has 28 heavy (non-hydrogen) atoms. The molecule has 2 aromatic carbocycles. The van der Waals surface area contributed by atoms with Crippen LogP contribution in [0, 0.1) is 0 Å². The first-order valence-corrected chi connectivity index (χ1v) is 9.32. The molecule has 0 aliphatic carbocycles. The molecule has 0 fully saturated rings. The highest BCUT2D eigenvalue weighted by Crippen LogP contribution is 2.21. The Morgan fingerprint density at radius 3 is 1.50 bits per heavy atom. The molecule has 4 rings (SSSR count). The van der Waals surface area contributed by atoms with Crippen molar-refractivity contribution in [2.24, 2.45) is 10.3 Å². The van der Waals surface area contributed by atoms with Crippen LogP contribution in [-0.2, 0) is 19.3 Å². The maximum atomic E-state index is 12.4. The highest BCUT2D eigenvalue weighted by atomic mass is 16.6. The molecule has 2 heterocycles. The molecule has 0 N–H and O–H groups in total. The Balaban J connectivity index is 1.24. The topological polar surface area (TPSA) is 77.3 Å². The minimum Gasteiger partial charge on any atom is -0.384 e. The van der Waals surface area contributed by atoms with Gasteiger partial charge < -0.3 is 9.68 Å². The predicted octanol–water partition coefficient (Wildman–Crippen LogP) is 3.29. The fourth-order valence-electron chi connectivity index (χ4n) is 3.27. The van der Waals surface area contributed by atoms with Crippen molar-refractivity contribution in [2.75, 3.05) is 0 Å². The summed E-state index contributed by atoms with van der Waals surface area (Å²) in [5, 5.41) is 8.05. The Morgan fingerprint density at radius 1 is 0.714 bits per heavy atom. The minimum absolute atomic E-state index is 0.113. The van der Waals surface area contributed by atoms with Gasteiger partial charge in [0.2, 0.25) is 0 Å². The molecule has 0 saturated heterocycles. The van der Waals surface area contributed by atoms with E-state index in [2.05, 4.69) is 10.3 Å². The maximum absolute atomic E-state index is 12.4. The summed E-state index contributed by atoms with van der Waals surface area (Å²) in [7, 11) is 0. The van der Waals surface area contributed by atoms with Gasteiger partial charge in [-0.3, -0.25) is 9.59 Å². The summed E-state index contributed by atoms with van der Waals surface area (Å²) in [4.78, 5) is 35.4. The van der Waals surface area contributed by atoms with Crippen molar-refractivity contribution in [1.82, 2.24) is 0 Å². The van der Waals surface area contributed by atoms with Crippen LogP contribution >= 0.6 is 0 Å². The first-order chi connectivity index (χ1) is 13.7. The molecule has 2 aliphatic heterocycles. The summed E-state index contributed by atoms with van der Waals surface area (Å²) in [5.74, 6) is -0.240. The second-order valence-corrected chi connectivity index (χ2v) is 6.84. The van der Waals surface area contributed by atoms with E-state index in [-0.39, 0.29) is 24.4 Å². The number of benzene rings is 2. The van der Waals surface area contributed by atoms with E-state index in [0.29, 0.717) is 12.8 Å². The van der Waals surface area contributed by atoms with Gasteiger partial charge in [0.05, 0.1) is 11.4 Å². The quantitative estimate of drug-likeness (QED) is 0.743. The fourth-order valence-corrected chi connectivity index (χ4v) is 3.27. The largest absolute Gasteiger partial charge is 0.384 e. The number of hydrogen-bond acceptors (Lipinski definition) is 6. The second-order valence-electron chi connectivity index (χ2n) is 6.84. The third-order valence-corrected chi connectivity index (χ3v) is 4.89. The molecule has 0 radical (unpaired) electrons. The van der Waals surface area contributed by atoms with E-state index in [1.54, 1.807) is 0 Å². The number of Topliss-reactive ketones (excluding diaryl/α,β-unsaturated/α-hetero) is 2. The lowest BCUT2D eigenvalue weighted by molar-refractivity contribution is -0.134. The molecular formula is C22H20N2O4. The van der Waals surface area contributed by atoms with Crippen LogP contribution in [0.1, 0.15) is 36.8 Å². The van der Waals surface area contributed by atoms with Crippen molar-refractivity contribution in [3.05, 3.63) is 71.8 Å². The van der Waals surface area contributed by atoms with Gasteiger partial charge in [-0.1, -0.05) is 71.0 Å². The Kier molecular flexibility index (Phi) is 5.28. The molecule has 6 heteroatoms. The van der Waals surface area contributed by atoms with E-state index in [1.165, 1.54) is 0 Å². The van der Waals surface area contributed by atoms with Crippen molar-refractivity contribution in [1.29, 1.82) is 0 Å². The number of ketones is 2. The van der Waals surface area contributed by atoms with Crippen LogP contribution in [0.5, 0.6) is 0 Å². The van der Waals surface area contributed by atoms with E-state index in [4.69, 9.17) is 9.68 Å². The maximum Gasteiger partial charge on any atom is 0.190 e. The van der Waals surface area contributed by atoms with Crippen molar-refractivity contribution < 1.29 is 19.3 Å². The zero-order valence-corrected chi connectivity index (χ0v) is 15.3. The van der Waals surface area contributed by atoms with E-state index >= 15 is 0 Å². The third kappa shape index (κ3) is 4.01. The number of nitrogens with zero attached hydrogens (tertiary/aromatic N) is 2. The summed E-state index contributed by atoms with van der Waals surface area (Å²) in [6.45, 7) is 0. The second kappa shape index (κ2) is 8.17. The van der Waals surface area contributed by atoms with Gasteiger partial charge in [0.15, 0.2) is 23.8 Å². The third-order valence-electron chi connectivity index (χ3n) is 4.89. The van der Waals surface area contributed by atoms with Crippen molar-refractivity contribution in [3.8, 4) is 0 Å². The molecule has 2 aromatic rings.